The minimum Gasteiger partial charge on any atom is -0.295 e. The maximum atomic E-state index is 13.8. The number of alkyl halides is 1. The first-order chi connectivity index (χ1) is 9.60. The largest absolute Gasteiger partial charge is 0.295 e. The van der Waals surface area contributed by atoms with Crippen LogP contribution in [0.4, 0.5) is 8.78 Å². The van der Waals surface area contributed by atoms with Crippen molar-refractivity contribution in [2.45, 2.75) is 5.88 Å². The fourth-order valence-electron chi connectivity index (χ4n) is 2.14. The second-order valence-corrected chi connectivity index (χ2v) is 5.42. The van der Waals surface area contributed by atoms with Gasteiger partial charge in [0.25, 0.3) is 0 Å². The summed E-state index contributed by atoms with van der Waals surface area (Å²) < 4.78 is 29.8. The van der Waals surface area contributed by atoms with Crippen LogP contribution < -0.4 is 0 Å². The van der Waals surface area contributed by atoms with Gasteiger partial charge in [0.2, 0.25) is 0 Å². The van der Waals surface area contributed by atoms with Crippen LogP contribution in [0.15, 0.2) is 40.9 Å². The van der Waals surface area contributed by atoms with E-state index in [0.29, 0.717) is 11.3 Å². The standard InChI is InChI=1S/C14H8BrClF2N2/c15-8-2-1-3-10(4-8)20-12-6-9(17)5-11(18)14(12)19-13(20)7-16/h1-6H,7H2. The zero-order valence-corrected chi connectivity index (χ0v) is 12.4. The molecule has 0 unspecified atom stereocenters. The summed E-state index contributed by atoms with van der Waals surface area (Å²) in [6, 6.07) is 9.43. The van der Waals surface area contributed by atoms with E-state index in [1.165, 1.54) is 6.07 Å². The molecule has 102 valence electrons. The smallest absolute Gasteiger partial charge is 0.153 e. The molecule has 0 aliphatic heterocycles. The lowest BCUT2D eigenvalue weighted by Gasteiger charge is -2.08. The predicted octanol–water partition coefficient (Wildman–Crippen LogP) is 4.81. The number of benzene rings is 2. The third kappa shape index (κ3) is 2.21. The molecule has 0 spiro atoms. The van der Waals surface area contributed by atoms with Crippen molar-refractivity contribution in [1.29, 1.82) is 0 Å². The SMILES string of the molecule is Fc1cc(F)c2nc(CCl)n(-c3cccc(Br)c3)c2c1. The zero-order chi connectivity index (χ0) is 14.3. The van der Waals surface area contributed by atoms with Crippen LogP contribution in [0, 0.1) is 11.6 Å². The summed E-state index contributed by atoms with van der Waals surface area (Å²) in [6.45, 7) is 0. The minimum atomic E-state index is -0.694. The van der Waals surface area contributed by atoms with Crippen LogP contribution in [-0.4, -0.2) is 9.55 Å². The van der Waals surface area contributed by atoms with Crippen molar-refractivity contribution in [3.63, 3.8) is 0 Å². The maximum Gasteiger partial charge on any atom is 0.153 e. The van der Waals surface area contributed by atoms with Gasteiger partial charge < -0.3 is 0 Å². The molecular formula is C14H8BrClF2N2. The molecule has 0 aliphatic carbocycles. The summed E-state index contributed by atoms with van der Waals surface area (Å²) in [5.74, 6) is -0.779. The monoisotopic (exact) mass is 356 g/mol. The molecule has 0 radical (unpaired) electrons. The summed E-state index contributed by atoms with van der Waals surface area (Å²) in [6.07, 6.45) is 0. The highest BCUT2D eigenvalue weighted by atomic mass is 79.9. The molecule has 0 aliphatic rings. The van der Waals surface area contributed by atoms with Crippen LogP contribution in [0.5, 0.6) is 0 Å². The number of aromatic nitrogens is 2. The first kappa shape index (κ1) is 13.5. The molecule has 0 fully saturated rings. The zero-order valence-electron chi connectivity index (χ0n) is 10.1. The first-order valence-electron chi connectivity index (χ1n) is 5.78. The molecule has 3 aromatic rings. The molecule has 0 bridgehead atoms. The Hall–Kier alpha value is -1.46. The van der Waals surface area contributed by atoms with E-state index in [-0.39, 0.29) is 11.4 Å². The number of hydrogen-bond acceptors (Lipinski definition) is 1. The topological polar surface area (TPSA) is 17.8 Å². The first-order valence-corrected chi connectivity index (χ1v) is 7.11. The molecule has 0 saturated heterocycles. The van der Waals surface area contributed by atoms with Crippen LogP contribution in [-0.2, 0) is 5.88 Å². The Morgan fingerprint density at radius 3 is 2.70 bits per heavy atom. The van der Waals surface area contributed by atoms with Gasteiger partial charge in [-0.3, -0.25) is 4.57 Å². The molecule has 0 amide bonds. The van der Waals surface area contributed by atoms with Gasteiger partial charge in [-0.2, -0.15) is 0 Å². The lowest BCUT2D eigenvalue weighted by Crippen LogP contribution is -1.99. The predicted molar refractivity (Wildman–Crippen MR) is 78.2 cm³/mol. The van der Waals surface area contributed by atoms with Gasteiger partial charge in [-0.1, -0.05) is 22.0 Å². The molecular weight excluding hydrogens is 350 g/mol. The van der Waals surface area contributed by atoms with Crippen molar-refractivity contribution in [2.24, 2.45) is 0 Å². The molecule has 6 heteroatoms. The summed E-state index contributed by atoms with van der Waals surface area (Å²) in [5.41, 5.74) is 1.21. The number of imidazole rings is 1. The van der Waals surface area contributed by atoms with Gasteiger partial charge in [-0.05, 0) is 18.2 Å². The van der Waals surface area contributed by atoms with Crippen molar-refractivity contribution in [1.82, 2.24) is 9.55 Å². The van der Waals surface area contributed by atoms with Gasteiger partial charge in [0.1, 0.15) is 17.2 Å². The van der Waals surface area contributed by atoms with Crippen molar-refractivity contribution >= 4 is 38.6 Å². The molecule has 0 atom stereocenters. The Morgan fingerprint density at radius 2 is 2.00 bits per heavy atom. The van der Waals surface area contributed by atoms with Gasteiger partial charge in [0.15, 0.2) is 5.82 Å². The number of halogens is 4. The fraction of sp³-hybridized carbons (Fsp3) is 0.0714. The van der Waals surface area contributed by atoms with Crippen molar-refractivity contribution in [3.05, 3.63) is 58.3 Å². The van der Waals surface area contributed by atoms with E-state index in [9.17, 15) is 8.78 Å². The van der Waals surface area contributed by atoms with Crippen molar-refractivity contribution < 1.29 is 8.78 Å². The Bertz CT molecular complexity index is 801. The average Bonchev–Trinajstić information content (AvgIpc) is 2.77. The number of fused-ring (bicyclic) bond motifs is 1. The lowest BCUT2D eigenvalue weighted by atomic mass is 10.2. The summed E-state index contributed by atoms with van der Waals surface area (Å²) in [4.78, 5) is 4.15. The normalized spacial score (nSPS) is 11.2. The highest BCUT2D eigenvalue weighted by Gasteiger charge is 2.16. The second-order valence-electron chi connectivity index (χ2n) is 4.23. The van der Waals surface area contributed by atoms with Crippen molar-refractivity contribution in [2.75, 3.05) is 0 Å². The highest BCUT2D eigenvalue weighted by Crippen LogP contribution is 2.26. The average molecular weight is 358 g/mol. The van der Waals surface area contributed by atoms with E-state index < -0.39 is 11.6 Å². The Labute approximate surface area is 127 Å². The number of rotatable bonds is 2. The maximum absolute atomic E-state index is 13.8. The lowest BCUT2D eigenvalue weighted by molar-refractivity contribution is 0.590. The van der Waals surface area contributed by atoms with E-state index in [1.54, 1.807) is 4.57 Å². The Balaban J connectivity index is 2.38. The van der Waals surface area contributed by atoms with Crippen LogP contribution in [0.1, 0.15) is 5.82 Å². The highest BCUT2D eigenvalue weighted by molar-refractivity contribution is 9.10. The van der Waals surface area contributed by atoms with E-state index >= 15 is 0 Å². The van der Waals surface area contributed by atoms with Crippen LogP contribution in [0.25, 0.3) is 16.7 Å². The van der Waals surface area contributed by atoms with Gasteiger partial charge in [0, 0.05) is 22.3 Å². The summed E-state index contributed by atoms with van der Waals surface area (Å²) in [7, 11) is 0. The van der Waals surface area contributed by atoms with Crippen LogP contribution in [0.3, 0.4) is 0 Å². The van der Waals surface area contributed by atoms with Crippen molar-refractivity contribution in [3.8, 4) is 5.69 Å². The molecule has 1 aromatic heterocycles. The van der Waals surface area contributed by atoms with Gasteiger partial charge in [-0.25, -0.2) is 13.8 Å². The molecule has 2 nitrogen and oxygen atoms in total. The van der Waals surface area contributed by atoms with E-state index in [1.807, 2.05) is 24.3 Å². The fourth-order valence-corrected chi connectivity index (χ4v) is 2.71. The summed E-state index contributed by atoms with van der Waals surface area (Å²) >= 11 is 9.25. The van der Waals surface area contributed by atoms with E-state index in [4.69, 9.17) is 11.6 Å². The van der Waals surface area contributed by atoms with E-state index in [2.05, 4.69) is 20.9 Å². The number of nitrogens with zero attached hydrogens (tertiary/aromatic N) is 2. The Morgan fingerprint density at radius 1 is 1.20 bits per heavy atom. The summed E-state index contributed by atoms with van der Waals surface area (Å²) in [5, 5.41) is 0. The molecule has 0 N–H and O–H groups in total. The quantitative estimate of drug-likeness (QED) is 0.602. The van der Waals surface area contributed by atoms with Gasteiger partial charge in [-0.15, -0.1) is 11.6 Å². The van der Waals surface area contributed by atoms with Gasteiger partial charge in [0.05, 0.1) is 11.4 Å². The third-order valence-corrected chi connectivity index (χ3v) is 3.67. The number of hydrogen-bond donors (Lipinski definition) is 0. The molecule has 0 saturated carbocycles. The second kappa shape index (κ2) is 5.14. The molecule has 20 heavy (non-hydrogen) atoms. The third-order valence-electron chi connectivity index (χ3n) is 2.93. The van der Waals surface area contributed by atoms with Gasteiger partial charge >= 0.3 is 0 Å². The van der Waals surface area contributed by atoms with Crippen LogP contribution >= 0.6 is 27.5 Å². The Kier molecular flexibility index (Phi) is 3.48. The van der Waals surface area contributed by atoms with E-state index in [0.717, 1.165) is 16.2 Å². The molecule has 3 rings (SSSR count). The molecule has 1 heterocycles. The minimum absolute atomic E-state index is 0.0995. The molecule has 2 aromatic carbocycles. The van der Waals surface area contributed by atoms with Crippen LogP contribution in [0.2, 0.25) is 0 Å².